The molecule has 0 spiro atoms. The summed E-state index contributed by atoms with van der Waals surface area (Å²) in [6.07, 6.45) is 11.6. The van der Waals surface area contributed by atoms with E-state index in [0.29, 0.717) is 29.4 Å². The molecule has 5 rings (SSSR count). The van der Waals surface area contributed by atoms with Crippen molar-refractivity contribution in [1.29, 1.82) is 0 Å². The van der Waals surface area contributed by atoms with E-state index in [4.69, 9.17) is 16.6 Å². The van der Waals surface area contributed by atoms with Gasteiger partial charge in [0.25, 0.3) is 5.91 Å². The van der Waals surface area contributed by atoms with Gasteiger partial charge >= 0.3 is 0 Å². The number of nitrogens with one attached hydrogen (secondary N) is 1. The Morgan fingerprint density at radius 1 is 1.14 bits per heavy atom. The lowest BCUT2D eigenvalue weighted by Crippen LogP contribution is -2.24. The summed E-state index contributed by atoms with van der Waals surface area (Å²) in [6, 6.07) is 14.0. The van der Waals surface area contributed by atoms with Crippen LogP contribution in [-0.4, -0.2) is 27.0 Å². The standard InChI is InChI=1S/C29H28ClFN4OS/c30-25-16-24(31)11-10-23(25)19-37-29-34-26-13-14-32-17-27(26)35(29)18-21-6-8-22(9-7-21)28(36)33-15-12-20-4-2-1-3-5-20/h4,6-11,13-14,16-17H,1-3,5,12,15,18-19H2,(H,33,36). The molecule has 0 bridgehead atoms. The van der Waals surface area contributed by atoms with E-state index < -0.39 is 0 Å². The van der Waals surface area contributed by atoms with Gasteiger partial charge in [-0.05, 0) is 73.6 Å². The lowest BCUT2D eigenvalue weighted by molar-refractivity contribution is 0.0954. The second-order valence-electron chi connectivity index (χ2n) is 9.18. The zero-order valence-electron chi connectivity index (χ0n) is 20.4. The van der Waals surface area contributed by atoms with E-state index in [9.17, 15) is 9.18 Å². The molecule has 1 N–H and O–H groups in total. The van der Waals surface area contributed by atoms with E-state index >= 15 is 0 Å². The summed E-state index contributed by atoms with van der Waals surface area (Å²) in [5, 5.41) is 4.27. The van der Waals surface area contributed by atoms with Crippen molar-refractivity contribution in [3.63, 3.8) is 0 Å². The molecule has 8 heteroatoms. The summed E-state index contributed by atoms with van der Waals surface area (Å²) in [4.78, 5) is 21.7. The Hall–Kier alpha value is -3.16. The van der Waals surface area contributed by atoms with Crippen LogP contribution in [0.4, 0.5) is 4.39 Å². The first kappa shape index (κ1) is 25.5. The highest BCUT2D eigenvalue weighted by molar-refractivity contribution is 7.98. The molecular weight excluding hydrogens is 507 g/mol. The van der Waals surface area contributed by atoms with Gasteiger partial charge in [0.15, 0.2) is 5.16 Å². The molecule has 2 heterocycles. The third kappa shape index (κ3) is 6.40. The highest BCUT2D eigenvalue weighted by Gasteiger charge is 2.14. The Morgan fingerprint density at radius 2 is 2.00 bits per heavy atom. The number of pyridine rings is 1. The van der Waals surface area contributed by atoms with E-state index in [1.165, 1.54) is 30.5 Å². The minimum absolute atomic E-state index is 0.0485. The van der Waals surface area contributed by atoms with Crippen molar-refractivity contribution >= 4 is 40.3 Å². The molecule has 0 radical (unpaired) electrons. The highest BCUT2D eigenvalue weighted by Crippen LogP contribution is 2.30. The SMILES string of the molecule is O=C(NCCC1=CCCCC1)c1ccc(Cn2c(SCc3ccc(F)cc3Cl)nc3ccncc32)cc1. The van der Waals surface area contributed by atoms with Crippen molar-refractivity contribution < 1.29 is 9.18 Å². The fourth-order valence-electron chi connectivity index (χ4n) is 4.51. The predicted octanol–water partition coefficient (Wildman–Crippen LogP) is 7.18. The molecule has 0 saturated carbocycles. The lowest BCUT2D eigenvalue weighted by Gasteiger charge is -2.13. The van der Waals surface area contributed by atoms with Crippen LogP contribution in [0, 0.1) is 5.82 Å². The first-order valence-electron chi connectivity index (χ1n) is 12.5. The monoisotopic (exact) mass is 534 g/mol. The summed E-state index contributed by atoms with van der Waals surface area (Å²) < 4.78 is 15.5. The zero-order chi connectivity index (χ0) is 25.6. The molecule has 190 valence electrons. The quantitative estimate of drug-likeness (QED) is 0.182. The van der Waals surface area contributed by atoms with Crippen LogP contribution < -0.4 is 5.32 Å². The summed E-state index contributed by atoms with van der Waals surface area (Å²) >= 11 is 7.77. The molecule has 0 saturated heterocycles. The number of thioether (sulfide) groups is 1. The van der Waals surface area contributed by atoms with Gasteiger partial charge in [0, 0.05) is 29.1 Å². The van der Waals surface area contributed by atoms with Gasteiger partial charge in [-0.15, -0.1) is 0 Å². The van der Waals surface area contributed by atoms with Crippen molar-refractivity contribution in [1.82, 2.24) is 19.9 Å². The van der Waals surface area contributed by atoms with E-state index in [2.05, 4.69) is 20.9 Å². The Labute approximate surface area is 225 Å². The van der Waals surface area contributed by atoms with Crippen molar-refractivity contribution in [3.05, 3.63) is 100 Å². The zero-order valence-corrected chi connectivity index (χ0v) is 22.0. The Bertz CT molecular complexity index is 1430. The molecule has 2 aromatic carbocycles. The molecule has 1 aliphatic rings. The average Bonchev–Trinajstić information content (AvgIpc) is 3.26. The normalized spacial score (nSPS) is 13.5. The van der Waals surface area contributed by atoms with Crippen LogP contribution >= 0.6 is 23.4 Å². The number of rotatable bonds is 9. The van der Waals surface area contributed by atoms with Gasteiger partial charge in [-0.1, -0.05) is 53.2 Å². The summed E-state index contributed by atoms with van der Waals surface area (Å²) in [5.74, 6) is 0.162. The number of carbonyl (C=O) groups excluding carboxylic acids is 1. The van der Waals surface area contributed by atoms with Gasteiger partial charge in [0.2, 0.25) is 0 Å². The van der Waals surface area contributed by atoms with Crippen LogP contribution in [0.15, 0.2) is 77.7 Å². The van der Waals surface area contributed by atoms with Crippen molar-refractivity contribution in [2.45, 2.75) is 49.6 Å². The molecule has 0 aliphatic heterocycles. The number of carbonyl (C=O) groups is 1. The predicted molar refractivity (Wildman–Crippen MR) is 148 cm³/mol. The van der Waals surface area contributed by atoms with Crippen LogP contribution in [-0.2, 0) is 12.3 Å². The second kappa shape index (κ2) is 11.9. The topological polar surface area (TPSA) is 59.8 Å². The second-order valence-corrected chi connectivity index (χ2v) is 10.5. The van der Waals surface area contributed by atoms with E-state index in [0.717, 1.165) is 46.6 Å². The Morgan fingerprint density at radius 3 is 2.78 bits per heavy atom. The third-order valence-electron chi connectivity index (χ3n) is 6.56. The maximum Gasteiger partial charge on any atom is 0.251 e. The number of aromatic nitrogens is 3. The average molecular weight is 535 g/mol. The number of nitrogens with zero attached hydrogens (tertiary/aromatic N) is 3. The first-order valence-corrected chi connectivity index (χ1v) is 13.9. The number of hydrogen-bond acceptors (Lipinski definition) is 4. The molecule has 1 amide bonds. The smallest absolute Gasteiger partial charge is 0.251 e. The largest absolute Gasteiger partial charge is 0.352 e. The summed E-state index contributed by atoms with van der Waals surface area (Å²) in [7, 11) is 0. The summed E-state index contributed by atoms with van der Waals surface area (Å²) in [5.41, 5.74) is 5.79. The molecular formula is C29H28ClFN4OS. The van der Waals surface area contributed by atoms with Gasteiger partial charge < -0.3 is 9.88 Å². The Kier molecular flexibility index (Phi) is 8.21. The van der Waals surface area contributed by atoms with E-state index in [1.807, 2.05) is 30.3 Å². The number of halogens is 2. The van der Waals surface area contributed by atoms with Gasteiger partial charge in [0.1, 0.15) is 5.82 Å². The van der Waals surface area contributed by atoms with E-state index in [1.54, 1.807) is 30.2 Å². The van der Waals surface area contributed by atoms with Crippen molar-refractivity contribution in [2.75, 3.05) is 6.54 Å². The molecule has 0 atom stereocenters. The van der Waals surface area contributed by atoms with Gasteiger partial charge in [-0.2, -0.15) is 0 Å². The number of fused-ring (bicyclic) bond motifs is 1. The minimum Gasteiger partial charge on any atom is -0.352 e. The number of benzene rings is 2. The third-order valence-corrected chi connectivity index (χ3v) is 7.94. The maximum absolute atomic E-state index is 13.4. The van der Waals surface area contributed by atoms with Crippen LogP contribution in [0.1, 0.15) is 53.6 Å². The number of allylic oxidation sites excluding steroid dienone is 1. The molecule has 2 aromatic heterocycles. The van der Waals surface area contributed by atoms with Gasteiger partial charge in [-0.25, -0.2) is 9.37 Å². The van der Waals surface area contributed by atoms with Crippen molar-refractivity contribution in [3.8, 4) is 0 Å². The van der Waals surface area contributed by atoms with Crippen LogP contribution in [0.5, 0.6) is 0 Å². The fourth-order valence-corrected chi connectivity index (χ4v) is 5.84. The highest BCUT2D eigenvalue weighted by atomic mass is 35.5. The van der Waals surface area contributed by atoms with Gasteiger partial charge in [0.05, 0.1) is 23.8 Å². The van der Waals surface area contributed by atoms with Gasteiger partial charge in [-0.3, -0.25) is 9.78 Å². The molecule has 37 heavy (non-hydrogen) atoms. The van der Waals surface area contributed by atoms with Crippen LogP contribution in [0.2, 0.25) is 5.02 Å². The minimum atomic E-state index is -0.351. The lowest BCUT2D eigenvalue weighted by atomic mass is 9.97. The van der Waals surface area contributed by atoms with Crippen LogP contribution in [0.25, 0.3) is 11.0 Å². The molecule has 1 aliphatic carbocycles. The maximum atomic E-state index is 13.4. The summed E-state index contributed by atoms with van der Waals surface area (Å²) in [6.45, 7) is 1.25. The molecule has 0 fully saturated rings. The fraction of sp³-hybridized carbons (Fsp3) is 0.276. The number of imidazole rings is 1. The molecule has 0 unspecified atom stereocenters. The van der Waals surface area contributed by atoms with E-state index in [-0.39, 0.29) is 11.7 Å². The number of hydrogen-bond donors (Lipinski definition) is 1. The first-order chi connectivity index (χ1) is 18.1. The molecule has 5 nitrogen and oxygen atoms in total. The van der Waals surface area contributed by atoms with Crippen LogP contribution in [0.3, 0.4) is 0 Å². The molecule has 4 aromatic rings. The van der Waals surface area contributed by atoms with Crippen molar-refractivity contribution in [2.24, 2.45) is 0 Å². The Balaban J connectivity index is 1.26. The number of amides is 1.